The molecule has 6 fully saturated rings. The van der Waals surface area contributed by atoms with Crippen molar-refractivity contribution in [2.24, 2.45) is 80.8 Å². The van der Waals surface area contributed by atoms with Crippen LogP contribution >= 0.6 is 8.60 Å². The molecule has 330 valence electrons. The lowest BCUT2D eigenvalue weighted by atomic mass is 9.42. The largest absolute Gasteiger partial charge is 0.427 e. The maximum absolute atomic E-state index is 10.7. The topological polar surface area (TPSA) is 49.7 Å². The van der Waals surface area contributed by atoms with Gasteiger partial charge in [0.05, 0.1) is 0 Å². The average Bonchev–Trinajstić information content (AvgIpc) is 3.09. The van der Waals surface area contributed by atoms with Crippen molar-refractivity contribution >= 4 is 8.60 Å². The van der Waals surface area contributed by atoms with E-state index in [4.69, 9.17) is 4.52 Å². The molecule has 0 aromatic heterocycles. The fourth-order valence-corrected chi connectivity index (χ4v) is 17.8. The van der Waals surface area contributed by atoms with E-state index >= 15 is 0 Å². The summed E-state index contributed by atoms with van der Waals surface area (Å²) in [4.78, 5) is 21.3. The van der Waals surface area contributed by atoms with Crippen LogP contribution in [0.5, 0.6) is 5.75 Å². The van der Waals surface area contributed by atoms with Gasteiger partial charge in [-0.15, -0.1) is 0 Å². The number of benzene rings is 1. The molecule has 6 aliphatic rings. The van der Waals surface area contributed by atoms with E-state index in [-0.39, 0.29) is 21.7 Å². The molecule has 0 amide bonds. The molecule has 0 radical (unpaired) electrons. The van der Waals surface area contributed by atoms with Gasteiger partial charge >= 0.3 is 8.60 Å². The van der Waals surface area contributed by atoms with Gasteiger partial charge in [-0.3, -0.25) is 0 Å². The van der Waals surface area contributed by atoms with E-state index in [0.717, 1.165) is 71.9 Å². The quantitative estimate of drug-likeness (QED) is 0.257. The molecule has 1 aromatic rings. The van der Waals surface area contributed by atoms with Crippen molar-refractivity contribution in [2.45, 2.75) is 223 Å². The predicted molar refractivity (Wildman–Crippen MR) is 247 cm³/mol. The maximum atomic E-state index is 10.7. The summed E-state index contributed by atoms with van der Waals surface area (Å²) in [5, 5.41) is 0. The van der Waals surface area contributed by atoms with E-state index in [1.807, 2.05) is 0 Å². The Labute approximate surface area is 359 Å². The highest BCUT2D eigenvalue weighted by atomic mass is 31.2. The summed E-state index contributed by atoms with van der Waals surface area (Å²) >= 11 is 0. The minimum atomic E-state index is -2.54. The van der Waals surface area contributed by atoms with Crippen molar-refractivity contribution in [3.63, 3.8) is 0 Å². The van der Waals surface area contributed by atoms with E-state index in [9.17, 15) is 9.79 Å². The van der Waals surface area contributed by atoms with Crippen LogP contribution in [0.1, 0.15) is 222 Å². The molecule has 0 saturated heterocycles. The minimum Gasteiger partial charge on any atom is -0.427 e. The van der Waals surface area contributed by atoms with Gasteiger partial charge in [-0.1, -0.05) is 110 Å². The van der Waals surface area contributed by atoms with Gasteiger partial charge in [-0.05, 0) is 217 Å². The molecule has 58 heavy (non-hydrogen) atoms. The predicted octanol–water partition coefficient (Wildman–Crippen LogP) is 15.5. The molecule has 4 heteroatoms. The van der Waals surface area contributed by atoms with Gasteiger partial charge in [0.2, 0.25) is 0 Å². The van der Waals surface area contributed by atoms with Crippen LogP contribution in [0.15, 0.2) is 6.07 Å². The number of fused-ring (bicyclic) bond motifs is 6. The summed E-state index contributed by atoms with van der Waals surface area (Å²) in [5.41, 5.74) is 6.66. The Kier molecular flexibility index (Phi) is 12.7. The number of hydrogen-bond acceptors (Lipinski definition) is 3. The lowest BCUT2D eigenvalue weighted by Crippen LogP contribution is -2.54. The second-order valence-electron chi connectivity index (χ2n) is 26.1. The summed E-state index contributed by atoms with van der Waals surface area (Å²) in [6, 6.07) is 2.34. The molecular weight excluding hydrogens is 728 g/mol. The zero-order valence-electron chi connectivity index (χ0n) is 40.3. The van der Waals surface area contributed by atoms with Crippen LogP contribution in [0.2, 0.25) is 0 Å². The lowest BCUT2D eigenvalue weighted by Gasteiger charge is -2.62. The smallest absolute Gasteiger partial charge is 0.391 e. The molecule has 0 heterocycles. The molecule has 12 atom stereocenters. The second kappa shape index (κ2) is 16.2. The van der Waals surface area contributed by atoms with E-state index in [2.05, 4.69) is 103 Å². The fourth-order valence-electron chi connectivity index (χ4n) is 17.5. The first-order chi connectivity index (χ1) is 26.9. The van der Waals surface area contributed by atoms with E-state index in [0.29, 0.717) is 16.7 Å². The van der Waals surface area contributed by atoms with Gasteiger partial charge in [0.25, 0.3) is 0 Å². The highest BCUT2D eigenvalue weighted by molar-refractivity contribution is 7.39. The summed E-state index contributed by atoms with van der Waals surface area (Å²) in [6.07, 6.45) is 24.3. The zero-order valence-corrected chi connectivity index (χ0v) is 41.2. The Balaban J connectivity index is 1.31. The fraction of sp³-hybridized carbons (Fsp3) is 0.889. The Bertz CT molecular complexity index is 1610. The first kappa shape index (κ1) is 45.4. The van der Waals surface area contributed by atoms with Crippen molar-refractivity contribution < 1.29 is 14.3 Å². The summed E-state index contributed by atoms with van der Waals surface area (Å²) in [6.45, 7) is 35.2. The van der Waals surface area contributed by atoms with Gasteiger partial charge in [0.15, 0.2) is 0 Å². The highest BCUT2D eigenvalue weighted by Crippen LogP contribution is 2.68. The van der Waals surface area contributed by atoms with Gasteiger partial charge in [0, 0.05) is 5.56 Å². The van der Waals surface area contributed by atoms with E-state index in [1.54, 1.807) is 5.56 Å². The van der Waals surface area contributed by atoms with Crippen molar-refractivity contribution in [3.05, 3.63) is 28.3 Å². The Morgan fingerprint density at radius 1 is 0.621 bits per heavy atom. The minimum absolute atomic E-state index is 0.0607. The summed E-state index contributed by atoms with van der Waals surface area (Å²) in [7, 11) is -2.54. The van der Waals surface area contributed by atoms with Crippen LogP contribution in [0.4, 0.5) is 0 Å². The molecule has 7 rings (SSSR count). The molecule has 6 unspecified atom stereocenters. The van der Waals surface area contributed by atoms with Crippen LogP contribution in [0.25, 0.3) is 0 Å². The number of hydrogen-bond donors (Lipinski definition) is 2. The van der Waals surface area contributed by atoms with Gasteiger partial charge in [-0.2, -0.15) is 0 Å². The molecular formula is C54H91O3P. The van der Waals surface area contributed by atoms with Crippen LogP contribution in [0.3, 0.4) is 0 Å². The van der Waals surface area contributed by atoms with Gasteiger partial charge in [0.1, 0.15) is 5.75 Å². The van der Waals surface area contributed by atoms with Crippen LogP contribution in [-0.2, 0) is 23.7 Å². The monoisotopic (exact) mass is 819 g/mol. The zero-order chi connectivity index (χ0) is 42.4. The molecule has 6 aliphatic carbocycles. The Morgan fingerprint density at radius 3 is 1.48 bits per heavy atom. The molecule has 0 aliphatic heterocycles. The third-order valence-corrected chi connectivity index (χ3v) is 20.2. The third kappa shape index (κ3) is 8.19. The molecule has 6 saturated carbocycles. The first-order valence-electron chi connectivity index (χ1n) is 25.0. The van der Waals surface area contributed by atoms with E-state index < -0.39 is 8.60 Å². The maximum Gasteiger partial charge on any atom is 0.391 e. The summed E-state index contributed by atoms with van der Waals surface area (Å²) < 4.78 is 6.29. The SMILES string of the molecule is CC(C)C1CC[C@@H]2C(CCC3[C@@](C)(Cc4cc(OP(O)O)c(C(C)(C)C)c(C[C@@]5(C)CCC[C@@]6(C)C5CCC5CC(C(C)C)CC[C@H]56)c4C(C)(C)C)CCC[C@@]32C)C1. The molecule has 1 aromatic carbocycles. The van der Waals surface area contributed by atoms with E-state index in [1.165, 1.54) is 119 Å². The highest BCUT2D eigenvalue weighted by Gasteiger charge is 2.59. The van der Waals surface area contributed by atoms with Crippen LogP contribution in [0, 0.1) is 80.8 Å². The van der Waals surface area contributed by atoms with Crippen molar-refractivity contribution in [2.75, 3.05) is 0 Å². The Morgan fingerprint density at radius 2 is 1.07 bits per heavy atom. The normalized spacial score (nSPS) is 40.9. The van der Waals surface area contributed by atoms with Gasteiger partial charge < -0.3 is 14.3 Å². The second-order valence-corrected chi connectivity index (χ2v) is 26.8. The summed E-state index contributed by atoms with van der Waals surface area (Å²) in [5.74, 6) is 9.14. The van der Waals surface area contributed by atoms with Crippen molar-refractivity contribution in [1.82, 2.24) is 0 Å². The molecule has 3 nitrogen and oxygen atoms in total. The first-order valence-corrected chi connectivity index (χ1v) is 26.1. The number of rotatable bonds is 8. The van der Waals surface area contributed by atoms with Crippen molar-refractivity contribution in [3.8, 4) is 5.75 Å². The third-order valence-electron chi connectivity index (χ3n) is 19.8. The Hall–Kier alpha value is -0.630. The average molecular weight is 819 g/mol. The molecule has 0 bridgehead atoms. The molecule has 0 spiro atoms. The lowest BCUT2D eigenvalue weighted by molar-refractivity contribution is -0.123. The standard InChI is InChI=1S/C54H91O3P/c1-34(2)36-17-21-42-38(29-36)19-23-45-51(11,25-15-27-53(42,45)13)32-40-31-44(57-58(55)56)48(50(8,9)10)41(47(40)49(5,6)7)33-52(12)26-16-28-54(14)43-22-18-37(35(3)4)30-39(43)20-24-46(52)54/h31,34-39,42-43,45-46,55-56H,15-30,32-33H2,1-14H3/t36?,37?,38?,39?,42-,43-,45?,46?,51-,52-,53-,54-/m1/s1. The van der Waals surface area contributed by atoms with Crippen LogP contribution < -0.4 is 4.52 Å². The molecule has 2 N–H and O–H groups in total. The van der Waals surface area contributed by atoms with Crippen LogP contribution in [-0.4, -0.2) is 9.79 Å². The van der Waals surface area contributed by atoms with Crippen molar-refractivity contribution in [1.29, 1.82) is 0 Å². The van der Waals surface area contributed by atoms with Gasteiger partial charge in [-0.25, -0.2) is 0 Å².